The van der Waals surface area contributed by atoms with Crippen molar-refractivity contribution in [3.8, 4) is 23.2 Å². The summed E-state index contributed by atoms with van der Waals surface area (Å²) < 4.78 is 9.01. The maximum Gasteiger partial charge on any atom is 0.235 e. The summed E-state index contributed by atoms with van der Waals surface area (Å²) in [7, 11) is 0. The van der Waals surface area contributed by atoms with Gasteiger partial charge in [0.15, 0.2) is 5.82 Å². The molecule has 1 aromatic carbocycles. The molecule has 1 aliphatic carbocycles. The predicted molar refractivity (Wildman–Crippen MR) is 137 cm³/mol. The number of nitrogens with one attached hydrogen (secondary N) is 1. The van der Waals surface area contributed by atoms with Crippen LogP contribution in [-0.4, -0.2) is 37.7 Å². The van der Waals surface area contributed by atoms with E-state index in [9.17, 15) is 10.1 Å². The minimum Gasteiger partial charge on any atom is -0.494 e. The van der Waals surface area contributed by atoms with E-state index in [-0.39, 0.29) is 11.7 Å². The molecule has 1 fully saturated rings. The number of carbonyl (C=O) groups is 1. The molecule has 35 heavy (non-hydrogen) atoms. The van der Waals surface area contributed by atoms with E-state index in [4.69, 9.17) is 10.6 Å². The van der Waals surface area contributed by atoms with Crippen molar-refractivity contribution in [2.24, 2.45) is 0 Å². The third kappa shape index (κ3) is 5.15. The first kappa shape index (κ1) is 24.7. The molecule has 1 amide bonds. The van der Waals surface area contributed by atoms with E-state index in [1.165, 1.54) is 22.9 Å². The third-order valence-corrected chi connectivity index (χ3v) is 7.43. The summed E-state index contributed by atoms with van der Waals surface area (Å²) in [4.78, 5) is 12.9. The Morgan fingerprint density at radius 1 is 1.23 bits per heavy atom. The van der Waals surface area contributed by atoms with Crippen LogP contribution in [0.5, 0.6) is 5.75 Å². The molecule has 1 aliphatic rings. The van der Waals surface area contributed by atoms with E-state index in [1.54, 1.807) is 0 Å². The summed E-state index contributed by atoms with van der Waals surface area (Å²) in [5.41, 5.74) is 3.29. The standard InChI is InChI=1S/C25H31N7O2S/c1-4-34-20-12-10-18(11-13-20)23-29-30-25(32(23)27)35-15-22(33)28-24-21(14-26)16(2)17(3)31(24)19-8-6-5-7-9-19/h10-13,19H,4-9,15,27H2,1-3H3,(H,28,33). The SMILES string of the molecule is CCOc1ccc(-c2nnc(SCC(=O)Nc3c(C#N)c(C)c(C)n3C3CCCCC3)n2N)cc1. The number of amides is 1. The van der Waals surface area contributed by atoms with Gasteiger partial charge in [-0.25, -0.2) is 4.68 Å². The molecule has 9 nitrogen and oxygen atoms in total. The van der Waals surface area contributed by atoms with Crippen LogP contribution < -0.4 is 15.9 Å². The largest absolute Gasteiger partial charge is 0.494 e. The highest BCUT2D eigenvalue weighted by Crippen LogP contribution is 2.37. The van der Waals surface area contributed by atoms with E-state index < -0.39 is 0 Å². The fourth-order valence-electron chi connectivity index (χ4n) is 4.62. The Morgan fingerprint density at radius 2 is 1.94 bits per heavy atom. The van der Waals surface area contributed by atoms with Crippen molar-refractivity contribution < 1.29 is 9.53 Å². The number of anilines is 1. The lowest BCUT2D eigenvalue weighted by atomic mass is 9.95. The number of ether oxygens (including phenoxy) is 1. The van der Waals surface area contributed by atoms with Gasteiger partial charge >= 0.3 is 0 Å². The number of nitriles is 1. The molecule has 0 aliphatic heterocycles. The zero-order valence-electron chi connectivity index (χ0n) is 20.4. The van der Waals surface area contributed by atoms with Crippen LogP contribution in [-0.2, 0) is 4.79 Å². The minimum atomic E-state index is -0.216. The Bertz CT molecular complexity index is 1230. The number of nitrogens with two attached hydrogens (primary N) is 1. The van der Waals surface area contributed by atoms with E-state index in [0.29, 0.717) is 35.0 Å². The van der Waals surface area contributed by atoms with Gasteiger partial charge in [-0.05, 0) is 63.4 Å². The van der Waals surface area contributed by atoms with Gasteiger partial charge in [0.1, 0.15) is 17.6 Å². The van der Waals surface area contributed by atoms with Crippen molar-refractivity contribution in [3.63, 3.8) is 0 Å². The Labute approximate surface area is 209 Å². The Morgan fingerprint density at radius 3 is 2.60 bits per heavy atom. The summed E-state index contributed by atoms with van der Waals surface area (Å²) in [5.74, 6) is 7.97. The van der Waals surface area contributed by atoms with E-state index in [0.717, 1.165) is 48.3 Å². The fourth-order valence-corrected chi connectivity index (χ4v) is 5.28. The minimum absolute atomic E-state index is 0.0947. The summed E-state index contributed by atoms with van der Waals surface area (Å²) in [6.07, 6.45) is 5.67. The number of thioether (sulfide) groups is 1. The van der Waals surface area contributed by atoms with Gasteiger partial charge < -0.3 is 20.5 Å². The molecule has 0 saturated heterocycles. The molecule has 0 radical (unpaired) electrons. The molecule has 4 rings (SSSR count). The molecular weight excluding hydrogens is 462 g/mol. The molecule has 10 heteroatoms. The molecule has 2 heterocycles. The topological polar surface area (TPSA) is 124 Å². The lowest BCUT2D eigenvalue weighted by molar-refractivity contribution is -0.113. The molecule has 0 atom stereocenters. The Balaban J connectivity index is 1.47. The number of carbonyl (C=O) groups excluding carboxylic acids is 1. The predicted octanol–water partition coefficient (Wildman–Crippen LogP) is 4.58. The molecule has 2 aromatic heterocycles. The van der Waals surface area contributed by atoms with Crippen molar-refractivity contribution >= 4 is 23.5 Å². The van der Waals surface area contributed by atoms with Crippen molar-refractivity contribution in [2.75, 3.05) is 23.5 Å². The smallest absolute Gasteiger partial charge is 0.235 e. The second kappa shape index (κ2) is 10.9. The first-order valence-corrected chi connectivity index (χ1v) is 12.9. The highest BCUT2D eigenvalue weighted by atomic mass is 32.2. The number of aromatic nitrogens is 4. The average molecular weight is 494 g/mol. The van der Waals surface area contributed by atoms with E-state index >= 15 is 0 Å². The van der Waals surface area contributed by atoms with Gasteiger partial charge in [0.2, 0.25) is 11.1 Å². The summed E-state index contributed by atoms with van der Waals surface area (Å²) in [5, 5.41) is 21.6. The van der Waals surface area contributed by atoms with Crippen LogP contribution in [0.15, 0.2) is 29.4 Å². The van der Waals surface area contributed by atoms with Gasteiger partial charge in [0.25, 0.3) is 0 Å². The van der Waals surface area contributed by atoms with Gasteiger partial charge in [0.05, 0.1) is 17.9 Å². The van der Waals surface area contributed by atoms with Gasteiger partial charge in [-0.3, -0.25) is 4.79 Å². The fraction of sp³-hybridized carbons (Fsp3) is 0.440. The van der Waals surface area contributed by atoms with Gasteiger partial charge in [0, 0.05) is 17.3 Å². The second-order valence-electron chi connectivity index (χ2n) is 8.68. The number of hydrogen-bond acceptors (Lipinski definition) is 7. The van der Waals surface area contributed by atoms with Crippen LogP contribution in [0.2, 0.25) is 0 Å². The number of rotatable bonds is 8. The van der Waals surface area contributed by atoms with Crippen LogP contribution in [0.1, 0.15) is 61.9 Å². The monoisotopic (exact) mass is 493 g/mol. The lowest BCUT2D eigenvalue weighted by Gasteiger charge is -2.27. The van der Waals surface area contributed by atoms with Crippen molar-refractivity contribution in [1.82, 2.24) is 19.4 Å². The highest BCUT2D eigenvalue weighted by Gasteiger charge is 2.26. The molecule has 1 saturated carbocycles. The van der Waals surface area contributed by atoms with Crippen LogP contribution in [0.3, 0.4) is 0 Å². The number of hydrogen-bond donors (Lipinski definition) is 2. The molecule has 0 bridgehead atoms. The summed E-state index contributed by atoms with van der Waals surface area (Å²) in [6, 6.07) is 10.0. The van der Waals surface area contributed by atoms with Crippen LogP contribution in [0.4, 0.5) is 5.82 Å². The van der Waals surface area contributed by atoms with Gasteiger partial charge in [-0.15, -0.1) is 10.2 Å². The van der Waals surface area contributed by atoms with E-state index in [1.807, 2.05) is 45.0 Å². The maximum absolute atomic E-state index is 12.9. The van der Waals surface area contributed by atoms with Crippen molar-refractivity contribution in [2.45, 2.75) is 64.1 Å². The molecule has 0 spiro atoms. The van der Waals surface area contributed by atoms with Crippen LogP contribution in [0, 0.1) is 25.2 Å². The number of benzene rings is 1. The quantitative estimate of drug-likeness (QED) is 0.347. The molecule has 3 aromatic rings. The zero-order chi connectivity index (χ0) is 24.9. The molecular formula is C25H31N7O2S. The highest BCUT2D eigenvalue weighted by molar-refractivity contribution is 7.99. The first-order valence-electron chi connectivity index (χ1n) is 11.9. The molecule has 3 N–H and O–H groups in total. The Kier molecular flexibility index (Phi) is 7.66. The molecule has 184 valence electrons. The van der Waals surface area contributed by atoms with E-state index in [2.05, 4.69) is 26.2 Å². The van der Waals surface area contributed by atoms with Gasteiger partial charge in [-0.1, -0.05) is 31.0 Å². The number of nitrogens with zero attached hydrogens (tertiary/aromatic N) is 5. The summed E-state index contributed by atoms with van der Waals surface area (Å²) >= 11 is 1.20. The van der Waals surface area contributed by atoms with Crippen molar-refractivity contribution in [3.05, 3.63) is 41.1 Å². The first-order chi connectivity index (χ1) is 16.9. The number of nitrogen functional groups attached to an aromatic ring is 1. The normalized spacial score (nSPS) is 14.0. The van der Waals surface area contributed by atoms with Crippen LogP contribution >= 0.6 is 11.8 Å². The van der Waals surface area contributed by atoms with Crippen LogP contribution in [0.25, 0.3) is 11.4 Å². The second-order valence-corrected chi connectivity index (χ2v) is 9.62. The zero-order valence-corrected chi connectivity index (χ0v) is 21.2. The lowest BCUT2D eigenvalue weighted by Crippen LogP contribution is -2.22. The average Bonchev–Trinajstić information content (AvgIpc) is 3.35. The Hall–Kier alpha value is -3.45. The molecule has 0 unspecified atom stereocenters. The third-order valence-electron chi connectivity index (χ3n) is 6.49. The summed E-state index contributed by atoms with van der Waals surface area (Å²) in [6.45, 7) is 6.49. The van der Waals surface area contributed by atoms with Crippen molar-refractivity contribution in [1.29, 1.82) is 5.26 Å². The maximum atomic E-state index is 12.9. The van der Waals surface area contributed by atoms with Gasteiger partial charge in [-0.2, -0.15) is 5.26 Å².